The third kappa shape index (κ3) is 1.91. The van der Waals surface area contributed by atoms with E-state index in [4.69, 9.17) is 5.11 Å². The van der Waals surface area contributed by atoms with Gasteiger partial charge in [0.1, 0.15) is 10.3 Å². The lowest BCUT2D eigenvalue weighted by atomic mass is 10.2. The fourth-order valence-electron chi connectivity index (χ4n) is 0.813. The highest BCUT2D eigenvalue weighted by Gasteiger charge is 2.10. The molecule has 1 rings (SSSR count). The number of carbonyl (C=O) groups excluding carboxylic acids is 1. The molecule has 0 atom stereocenters. The lowest BCUT2D eigenvalue weighted by Crippen LogP contribution is -2.25. The van der Waals surface area contributed by atoms with Crippen LogP contribution in [0, 0.1) is 4.64 Å². The largest absolute Gasteiger partial charge is 0.545 e. The Morgan fingerprint density at radius 1 is 1.46 bits per heavy atom. The number of hydrogen-bond acceptors (Lipinski definition) is 4. The SMILES string of the molecule is O=C([O-])c1ccc(=S)[nH]c1C(=O)O. The molecule has 0 fully saturated rings. The first-order valence-corrected chi connectivity index (χ1v) is 3.61. The molecule has 1 aromatic heterocycles. The van der Waals surface area contributed by atoms with Gasteiger partial charge in [0.15, 0.2) is 0 Å². The number of carbonyl (C=O) groups is 2. The highest BCUT2D eigenvalue weighted by Crippen LogP contribution is 2.04. The molecule has 0 unspecified atom stereocenters. The van der Waals surface area contributed by atoms with Crippen molar-refractivity contribution in [2.45, 2.75) is 0 Å². The van der Waals surface area contributed by atoms with Gasteiger partial charge in [-0.2, -0.15) is 0 Å². The Labute approximate surface area is 77.7 Å². The van der Waals surface area contributed by atoms with Crippen molar-refractivity contribution in [2.24, 2.45) is 0 Å². The number of aromatic nitrogens is 1. The maximum absolute atomic E-state index is 10.5. The van der Waals surface area contributed by atoms with Gasteiger partial charge in [0.2, 0.25) is 0 Å². The molecule has 13 heavy (non-hydrogen) atoms. The molecule has 0 aromatic carbocycles. The summed E-state index contributed by atoms with van der Waals surface area (Å²) in [5.41, 5.74) is -0.881. The van der Waals surface area contributed by atoms with Crippen molar-refractivity contribution in [2.75, 3.05) is 0 Å². The summed E-state index contributed by atoms with van der Waals surface area (Å²) in [4.78, 5) is 23.2. The van der Waals surface area contributed by atoms with E-state index in [2.05, 4.69) is 17.2 Å². The van der Waals surface area contributed by atoms with Crippen LogP contribution in [0.4, 0.5) is 0 Å². The Morgan fingerprint density at radius 2 is 2.08 bits per heavy atom. The number of carboxylic acid groups (broad SMARTS) is 2. The van der Waals surface area contributed by atoms with Crippen molar-refractivity contribution in [1.29, 1.82) is 0 Å². The molecule has 1 aromatic rings. The van der Waals surface area contributed by atoms with Crippen molar-refractivity contribution < 1.29 is 19.8 Å². The van der Waals surface area contributed by atoms with Crippen LogP contribution in [0.3, 0.4) is 0 Å². The minimum atomic E-state index is -1.55. The molecule has 0 radical (unpaired) electrons. The fourth-order valence-corrected chi connectivity index (χ4v) is 0.983. The van der Waals surface area contributed by atoms with E-state index in [1.807, 2.05) is 0 Å². The first-order valence-electron chi connectivity index (χ1n) is 3.20. The molecule has 0 saturated heterocycles. The van der Waals surface area contributed by atoms with Gasteiger partial charge < -0.3 is 20.0 Å². The molecule has 0 saturated carbocycles. The number of nitrogens with one attached hydrogen (secondary N) is 1. The normalized spacial score (nSPS) is 9.54. The van der Waals surface area contributed by atoms with Crippen molar-refractivity contribution in [3.05, 3.63) is 28.0 Å². The van der Waals surface area contributed by atoms with E-state index in [0.717, 1.165) is 6.07 Å². The van der Waals surface area contributed by atoms with Gasteiger partial charge in [-0.25, -0.2) is 4.79 Å². The second-order valence-electron chi connectivity index (χ2n) is 2.20. The van der Waals surface area contributed by atoms with Gasteiger partial charge in [0.05, 0.1) is 5.97 Å². The number of aromatic amines is 1. The van der Waals surface area contributed by atoms with Gasteiger partial charge in [-0.3, -0.25) is 0 Å². The van der Waals surface area contributed by atoms with Crippen LogP contribution in [-0.2, 0) is 0 Å². The number of aromatic carboxylic acids is 2. The number of carboxylic acids is 2. The Bertz CT molecular complexity index is 423. The summed E-state index contributed by atoms with van der Waals surface area (Å²) in [5.74, 6) is -2.94. The maximum atomic E-state index is 10.5. The Hall–Kier alpha value is -1.69. The van der Waals surface area contributed by atoms with Crippen molar-refractivity contribution in [1.82, 2.24) is 4.98 Å². The van der Waals surface area contributed by atoms with E-state index < -0.39 is 23.2 Å². The van der Waals surface area contributed by atoms with E-state index in [-0.39, 0.29) is 4.64 Å². The highest BCUT2D eigenvalue weighted by atomic mass is 32.1. The highest BCUT2D eigenvalue weighted by molar-refractivity contribution is 7.71. The van der Waals surface area contributed by atoms with Gasteiger partial charge in [0, 0.05) is 5.56 Å². The Kier molecular flexibility index (Phi) is 2.43. The molecule has 2 N–H and O–H groups in total. The van der Waals surface area contributed by atoms with E-state index in [1.54, 1.807) is 0 Å². The molecule has 68 valence electrons. The maximum Gasteiger partial charge on any atom is 0.353 e. The predicted octanol–water partition coefficient (Wildman–Crippen LogP) is -0.194. The Balaban J connectivity index is 3.44. The third-order valence-corrected chi connectivity index (χ3v) is 1.59. The average Bonchev–Trinajstić information content (AvgIpc) is 2.03. The molecular weight excluding hydrogens is 194 g/mol. The molecule has 0 aliphatic rings. The van der Waals surface area contributed by atoms with Gasteiger partial charge in [-0.15, -0.1) is 0 Å². The standard InChI is InChI=1S/C7H5NO4S/c9-6(10)3-1-2-4(13)8-5(3)7(11)12/h1-2H,(H,8,13)(H,9,10)(H,11,12)/p-1. The topological polar surface area (TPSA) is 93.2 Å². The van der Waals surface area contributed by atoms with Gasteiger partial charge in [0.25, 0.3) is 0 Å². The summed E-state index contributed by atoms with van der Waals surface area (Å²) in [5, 5.41) is 19.0. The third-order valence-electron chi connectivity index (χ3n) is 1.35. The number of rotatable bonds is 2. The zero-order valence-electron chi connectivity index (χ0n) is 6.23. The lowest BCUT2D eigenvalue weighted by molar-refractivity contribution is -0.255. The first-order chi connectivity index (χ1) is 6.02. The van der Waals surface area contributed by atoms with Gasteiger partial charge >= 0.3 is 5.97 Å². The van der Waals surface area contributed by atoms with Gasteiger partial charge in [-0.1, -0.05) is 12.2 Å². The summed E-state index contributed by atoms with van der Waals surface area (Å²) < 4.78 is 0.155. The number of H-pyrrole nitrogens is 1. The molecule has 0 bridgehead atoms. The van der Waals surface area contributed by atoms with E-state index >= 15 is 0 Å². The minimum absolute atomic E-state index is 0.155. The van der Waals surface area contributed by atoms with Gasteiger partial charge in [-0.05, 0) is 12.1 Å². The van der Waals surface area contributed by atoms with Crippen LogP contribution < -0.4 is 5.11 Å². The van der Waals surface area contributed by atoms with E-state index in [1.165, 1.54) is 6.07 Å². The molecule has 1 heterocycles. The quantitative estimate of drug-likeness (QED) is 0.642. The van der Waals surface area contributed by atoms with Crippen LogP contribution >= 0.6 is 12.2 Å². The summed E-state index contributed by atoms with van der Waals surface area (Å²) in [6.07, 6.45) is 0. The predicted molar refractivity (Wildman–Crippen MR) is 42.9 cm³/mol. The van der Waals surface area contributed by atoms with Crippen LogP contribution in [0.15, 0.2) is 12.1 Å². The van der Waals surface area contributed by atoms with Crippen LogP contribution in [0.2, 0.25) is 0 Å². The number of pyridine rings is 1. The minimum Gasteiger partial charge on any atom is -0.545 e. The van der Waals surface area contributed by atoms with Crippen molar-refractivity contribution >= 4 is 24.2 Å². The fraction of sp³-hybridized carbons (Fsp3) is 0. The molecule has 0 aliphatic carbocycles. The van der Waals surface area contributed by atoms with E-state index in [0.29, 0.717) is 0 Å². The Morgan fingerprint density at radius 3 is 2.54 bits per heavy atom. The van der Waals surface area contributed by atoms with Crippen LogP contribution in [0.25, 0.3) is 0 Å². The lowest BCUT2D eigenvalue weighted by Gasteiger charge is -2.05. The van der Waals surface area contributed by atoms with E-state index in [9.17, 15) is 14.7 Å². The zero-order valence-corrected chi connectivity index (χ0v) is 7.05. The molecule has 6 heteroatoms. The summed E-state index contributed by atoms with van der Waals surface area (Å²) >= 11 is 4.63. The zero-order chi connectivity index (χ0) is 10.0. The average molecular weight is 198 g/mol. The molecule has 0 aliphatic heterocycles. The van der Waals surface area contributed by atoms with Crippen LogP contribution in [0.1, 0.15) is 20.8 Å². The first kappa shape index (κ1) is 9.40. The second-order valence-corrected chi connectivity index (χ2v) is 2.64. The summed E-state index contributed by atoms with van der Waals surface area (Å²) in [6, 6.07) is 2.38. The van der Waals surface area contributed by atoms with Crippen molar-refractivity contribution in [3.63, 3.8) is 0 Å². The van der Waals surface area contributed by atoms with Crippen molar-refractivity contribution in [3.8, 4) is 0 Å². The molecule has 0 spiro atoms. The number of hydrogen-bond donors (Lipinski definition) is 2. The van der Waals surface area contributed by atoms with Crippen LogP contribution in [-0.4, -0.2) is 22.0 Å². The van der Waals surface area contributed by atoms with Crippen LogP contribution in [0.5, 0.6) is 0 Å². The summed E-state index contributed by atoms with van der Waals surface area (Å²) in [7, 11) is 0. The second kappa shape index (κ2) is 3.36. The monoisotopic (exact) mass is 198 g/mol. The molecule has 0 amide bonds. The molecule has 5 nitrogen and oxygen atoms in total. The summed E-state index contributed by atoms with van der Waals surface area (Å²) in [6.45, 7) is 0. The molecular formula is C7H4NO4S-. The smallest absolute Gasteiger partial charge is 0.353 e.